The van der Waals surface area contributed by atoms with Gasteiger partial charge in [0.1, 0.15) is 11.4 Å². The van der Waals surface area contributed by atoms with Crippen LogP contribution in [0.25, 0.3) is 0 Å². The number of carbonyl (C=O) groups excluding carboxylic acids is 1. The molecule has 1 aromatic carbocycles. The third-order valence-corrected chi connectivity index (χ3v) is 4.35. The molecule has 2 saturated carbocycles. The van der Waals surface area contributed by atoms with Crippen LogP contribution in [-0.2, 0) is 0 Å². The van der Waals surface area contributed by atoms with Gasteiger partial charge in [-0.15, -0.1) is 0 Å². The lowest BCUT2D eigenvalue weighted by Gasteiger charge is -2.16. The van der Waals surface area contributed by atoms with Crippen molar-refractivity contribution in [2.75, 3.05) is 6.54 Å². The Labute approximate surface area is 121 Å². The van der Waals surface area contributed by atoms with Crippen molar-refractivity contribution in [2.45, 2.75) is 25.7 Å². The smallest absolute Gasteiger partial charge is 0.282 e. The van der Waals surface area contributed by atoms with Gasteiger partial charge in [0.05, 0.1) is 4.92 Å². The summed E-state index contributed by atoms with van der Waals surface area (Å²) in [7, 11) is 0. The number of hydrogen-bond acceptors (Lipinski definition) is 3. The molecule has 0 bridgehead atoms. The van der Waals surface area contributed by atoms with Crippen LogP contribution >= 0.6 is 0 Å². The molecule has 0 unspecified atom stereocenters. The standard InChI is InChI=1S/C15H17FN2O3/c16-11-5-6-14(18(20)21)12(7-11)15(19)17-8-13(9-1-2-9)10-3-4-10/h5-7,9-10,13H,1-4,8H2,(H,17,19). The number of carbonyl (C=O) groups is 1. The first-order valence-electron chi connectivity index (χ1n) is 7.28. The van der Waals surface area contributed by atoms with Crippen LogP contribution in [0.4, 0.5) is 10.1 Å². The molecule has 0 atom stereocenters. The Morgan fingerprint density at radius 1 is 1.33 bits per heavy atom. The largest absolute Gasteiger partial charge is 0.352 e. The zero-order chi connectivity index (χ0) is 15.0. The number of benzene rings is 1. The fourth-order valence-corrected chi connectivity index (χ4v) is 2.92. The highest BCUT2D eigenvalue weighted by Gasteiger charge is 2.41. The second kappa shape index (κ2) is 5.42. The summed E-state index contributed by atoms with van der Waals surface area (Å²) in [5.74, 6) is 0.626. The van der Waals surface area contributed by atoms with Gasteiger partial charge < -0.3 is 5.32 Å². The summed E-state index contributed by atoms with van der Waals surface area (Å²) in [5, 5.41) is 13.7. The third-order valence-electron chi connectivity index (χ3n) is 4.35. The van der Waals surface area contributed by atoms with E-state index in [4.69, 9.17) is 0 Å². The normalized spacial score (nSPS) is 17.8. The number of nitrogens with zero attached hydrogens (tertiary/aromatic N) is 1. The lowest BCUT2D eigenvalue weighted by molar-refractivity contribution is -0.385. The maximum absolute atomic E-state index is 13.2. The second-order valence-corrected chi connectivity index (χ2v) is 5.97. The highest BCUT2D eigenvalue weighted by atomic mass is 19.1. The van der Waals surface area contributed by atoms with Crippen molar-refractivity contribution in [2.24, 2.45) is 17.8 Å². The van der Waals surface area contributed by atoms with Crippen LogP contribution in [0.3, 0.4) is 0 Å². The molecule has 2 aliphatic carbocycles. The Morgan fingerprint density at radius 3 is 2.48 bits per heavy atom. The van der Waals surface area contributed by atoms with E-state index in [-0.39, 0.29) is 11.3 Å². The molecule has 1 N–H and O–H groups in total. The first-order chi connectivity index (χ1) is 10.1. The van der Waals surface area contributed by atoms with Crippen LogP contribution in [0.1, 0.15) is 36.0 Å². The van der Waals surface area contributed by atoms with E-state index in [1.165, 1.54) is 25.7 Å². The molecule has 3 rings (SSSR count). The number of hydrogen-bond donors (Lipinski definition) is 1. The Hall–Kier alpha value is -1.98. The Balaban J connectivity index is 1.69. The van der Waals surface area contributed by atoms with E-state index < -0.39 is 16.6 Å². The summed E-state index contributed by atoms with van der Waals surface area (Å²) in [5.41, 5.74) is -0.561. The summed E-state index contributed by atoms with van der Waals surface area (Å²) in [6.07, 6.45) is 4.82. The first kappa shape index (κ1) is 14.0. The maximum Gasteiger partial charge on any atom is 0.282 e. The molecule has 0 radical (unpaired) electrons. The fourth-order valence-electron chi connectivity index (χ4n) is 2.92. The van der Waals surface area contributed by atoms with Crippen molar-refractivity contribution in [3.63, 3.8) is 0 Å². The zero-order valence-electron chi connectivity index (χ0n) is 11.5. The van der Waals surface area contributed by atoms with Gasteiger partial charge in [-0.25, -0.2) is 4.39 Å². The van der Waals surface area contributed by atoms with Gasteiger partial charge in [-0.1, -0.05) is 0 Å². The van der Waals surface area contributed by atoms with Crippen LogP contribution < -0.4 is 5.32 Å². The van der Waals surface area contributed by atoms with Gasteiger partial charge in [0.15, 0.2) is 0 Å². The predicted molar refractivity (Wildman–Crippen MR) is 74.3 cm³/mol. The summed E-state index contributed by atoms with van der Waals surface area (Å²) in [6.45, 7) is 0.530. The molecule has 2 fully saturated rings. The average molecular weight is 292 g/mol. The van der Waals surface area contributed by atoms with Gasteiger partial charge >= 0.3 is 0 Å². The van der Waals surface area contributed by atoms with Crippen LogP contribution in [0.2, 0.25) is 0 Å². The minimum absolute atomic E-state index is 0.203. The molecule has 112 valence electrons. The highest BCUT2D eigenvalue weighted by Crippen LogP contribution is 2.48. The number of amides is 1. The lowest BCUT2D eigenvalue weighted by Crippen LogP contribution is -2.31. The molecular formula is C15H17FN2O3. The van der Waals surface area contributed by atoms with Gasteiger partial charge in [-0.05, 0) is 55.6 Å². The fraction of sp³-hybridized carbons (Fsp3) is 0.533. The van der Waals surface area contributed by atoms with Crippen molar-refractivity contribution in [1.82, 2.24) is 5.32 Å². The highest BCUT2D eigenvalue weighted by molar-refractivity contribution is 5.98. The number of halogens is 1. The molecule has 0 saturated heterocycles. The molecule has 5 nitrogen and oxygen atoms in total. The maximum atomic E-state index is 13.2. The molecule has 0 spiro atoms. The lowest BCUT2D eigenvalue weighted by atomic mass is 9.98. The van der Waals surface area contributed by atoms with Gasteiger partial charge in [0.25, 0.3) is 11.6 Å². The Kier molecular flexibility index (Phi) is 3.61. The minimum atomic E-state index is -0.659. The molecule has 0 aromatic heterocycles. The van der Waals surface area contributed by atoms with Gasteiger partial charge in [0, 0.05) is 12.6 Å². The van der Waals surface area contributed by atoms with E-state index in [1.807, 2.05) is 0 Å². The molecule has 0 aliphatic heterocycles. The molecule has 0 heterocycles. The summed E-state index contributed by atoms with van der Waals surface area (Å²) >= 11 is 0. The van der Waals surface area contributed by atoms with Crippen molar-refractivity contribution in [1.29, 1.82) is 0 Å². The molecule has 21 heavy (non-hydrogen) atoms. The minimum Gasteiger partial charge on any atom is -0.352 e. The van der Waals surface area contributed by atoms with Gasteiger partial charge in [-0.2, -0.15) is 0 Å². The second-order valence-electron chi connectivity index (χ2n) is 5.97. The van der Waals surface area contributed by atoms with Crippen molar-refractivity contribution < 1.29 is 14.1 Å². The first-order valence-corrected chi connectivity index (χ1v) is 7.28. The molecule has 6 heteroatoms. The summed E-state index contributed by atoms with van der Waals surface area (Å²) < 4.78 is 13.2. The van der Waals surface area contributed by atoms with E-state index >= 15 is 0 Å². The molecule has 1 aromatic rings. The van der Waals surface area contributed by atoms with Crippen molar-refractivity contribution in [3.05, 3.63) is 39.7 Å². The summed E-state index contributed by atoms with van der Waals surface area (Å²) in [4.78, 5) is 22.4. The van der Waals surface area contributed by atoms with E-state index in [9.17, 15) is 19.3 Å². The van der Waals surface area contributed by atoms with Crippen LogP contribution in [0.5, 0.6) is 0 Å². The topological polar surface area (TPSA) is 72.2 Å². The molecular weight excluding hydrogens is 275 g/mol. The Morgan fingerprint density at radius 2 is 1.95 bits per heavy atom. The SMILES string of the molecule is O=C(NCC(C1CC1)C1CC1)c1cc(F)ccc1[N+](=O)[O-]. The quantitative estimate of drug-likeness (QED) is 0.647. The van der Waals surface area contributed by atoms with Crippen LogP contribution in [-0.4, -0.2) is 17.4 Å². The molecule has 1 amide bonds. The van der Waals surface area contributed by atoms with E-state index in [2.05, 4.69) is 5.32 Å². The van der Waals surface area contributed by atoms with Crippen molar-refractivity contribution >= 4 is 11.6 Å². The number of nitro benzene ring substituents is 1. The molecule has 2 aliphatic rings. The Bertz CT molecular complexity index is 570. The van der Waals surface area contributed by atoms with E-state index in [1.54, 1.807) is 0 Å². The third kappa shape index (κ3) is 3.20. The number of rotatable bonds is 6. The van der Waals surface area contributed by atoms with Crippen LogP contribution in [0, 0.1) is 33.7 Å². The average Bonchev–Trinajstić information content (AvgIpc) is 3.32. The number of nitrogens with one attached hydrogen (secondary N) is 1. The number of nitro groups is 1. The van der Waals surface area contributed by atoms with E-state index in [0.717, 1.165) is 18.2 Å². The summed E-state index contributed by atoms with van der Waals surface area (Å²) in [6, 6.07) is 2.95. The van der Waals surface area contributed by atoms with Gasteiger partial charge in [-0.3, -0.25) is 14.9 Å². The van der Waals surface area contributed by atoms with Crippen LogP contribution in [0.15, 0.2) is 18.2 Å². The predicted octanol–water partition coefficient (Wildman–Crippen LogP) is 2.90. The van der Waals surface area contributed by atoms with E-state index in [0.29, 0.717) is 24.3 Å². The zero-order valence-corrected chi connectivity index (χ0v) is 11.5. The van der Waals surface area contributed by atoms with Gasteiger partial charge in [0.2, 0.25) is 0 Å². The van der Waals surface area contributed by atoms with Crippen molar-refractivity contribution in [3.8, 4) is 0 Å². The monoisotopic (exact) mass is 292 g/mol.